The van der Waals surface area contributed by atoms with Gasteiger partial charge in [-0.15, -0.1) is 0 Å². The molecule has 148 valence electrons. The van der Waals surface area contributed by atoms with Crippen LogP contribution in [0, 0.1) is 5.92 Å². The van der Waals surface area contributed by atoms with Crippen LogP contribution in [0.4, 0.5) is 8.78 Å². The van der Waals surface area contributed by atoms with Crippen LogP contribution in [0.25, 0.3) is 11.0 Å². The number of H-pyrrole nitrogens is 1. The number of hydrogen-bond acceptors (Lipinski definition) is 5. The number of nitrogens with zero attached hydrogens (tertiary/aromatic N) is 3. The quantitative estimate of drug-likeness (QED) is 0.851. The van der Waals surface area contributed by atoms with E-state index in [-0.39, 0.29) is 30.4 Å². The molecule has 0 radical (unpaired) electrons. The molecule has 4 rings (SSSR count). The van der Waals surface area contributed by atoms with Gasteiger partial charge in [-0.1, -0.05) is 0 Å². The highest BCUT2D eigenvalue weighted by molar-refractivity contribution is 5.73. The highest BCUT2D eigenvalue weighted by Crippen LogP contribution is 2.39. The average molecular weight is 382 g/mol. The predicted octanol–water partition coefficient (Wildman–Crippen LogP) is 2.55. The predicted molar refractivity (Wildman–Crippen MR) is 93.6 cm³/mol. The minimum atomic E-state index is -2.62. The largest absolute Gasteiger partial charge is 0.368 e. The number of fused-ring (bicyclic) bond motifs is 1. The molecule has 2 aromatic heterocycles. The standard InChI is InChI=1S/C18H24F2N4O3/c1-17(2)8-10(16(26)27-17)7-13-22-14-12(15(25)23-13)9-21-24(14)11-3-5-18(19,20)6-4-11/h9-11,16,26H,3-8H2,1-2H3,(H,22,23,25). The fraction of sp³-hybridized carbons (Fsp3) is 0.722. The van der Waals surface area contributed by atoms with Gasteiger partial charge in [0, 0.05) is 25.2 Å². The van der Waals surface area contributed by atoms with E-state index in [1.165, 1.54) is 6.20 Å². The fourth-order valence-electron chi connectivity index (χ4n) is 4.24. The monoisotopic (exact) mass is 382 g/mol. The summed E-state index contributed by atoms with van der Waals surface area (Å²) in [5.41, 5.74) is -0.324. The first-order valence-corrected chi connectivity index (χ1v) is 9.34. The van der Waals surface area contributed by atoms with Gasteiger partial charge in [-0.05, 0) is 33.1 Å². The van der Waals surface area contributed by atoms with Gasteiger partial charge in [0.15, 0.2) is 11.9 Å². The molecule has 3 heterocycles. The van der Waals surface area contributed by atoms with Gasteiger partial charge >= 0.3 is 0 Å². The van der Waals surface area contributed by atoms with Crippen molar-refractivity contribution >= 4 is 11.0 Å². The molecule has 2 aromatic rings. The molecule has 0 aromatic carbocycles. The van der Waals surface area contributed by atoms with E-state index < -0.39 is 17.8 Å². The summed E-state index contributed by atoms with van der Waals surface area (Å²) in [5.74, 6) is -2.35. The summed E-state index contributed by atoms with van der Waals surface area (Å²) in [5, 5.41) is 14.7. The van der Waals surface area contributed by atoms with Crippen LogP contribution >= 0.6 is 0 Å². The molecule has 2 unspecified atom stereocenters. The third kappa shape index (κ3) is 3.62. The van der Waals surface area contributed by atoms with Gasteiger partial charge in [0.05, 0.1) is 17.8 Å². The molecule has 0 amide bonds. The number of aliphatic hydroxyl groups is 1. The minimum Gasteiger partial charge on any atom is -0.368 e. The summed E-state index contributed by atoms with van der Waals surface area (Å²) in [6, 6.07) is -0.191. The van der Waals surface area contributed by atoms with E-state index in [0.29, 0.717) is 42.5 Å². The third-order valence-electron chi connectivity index (χ3n) is 5.60. The van der Waals surface area contributed by atoms with E-state index in [2.05, 4.69) is 15.1 Å². The summed E-state index contributed by atoms with van der Waals surface area (Å²) >= 11 is 0. The normalized spacial score (nSPS) is 28.0. The molecule has 2 atom stereocenters. The molecule has 1 aliphatic heterocycles. The van der Waals surface area contributed by atoms with Gasteiger partial charge in [-0.3, -0.25) is 4.79 Å². The molecule has 2 N–H and O–H groups in total. The number of nitrogens with one attached hydrogen (secondary N) is 1. The van der Waals surface area contributed by atoms with Crippen molar-refractivity contribution in [3.63, 3.8) is 0 Å². The molecule has 9 heteroatoms. The topological polar surface area (TPSA) is 93.0 Å². The lowest BCUT2D eigenvalue weighted by Gasteiger charge is -2.28. The Hall–Kier alpha value is -1.87. The lowest BCUT2D eigenvalue weighted by atomic mass is 9.92. The SMILES string of the molecule is CC1(C)CC(Cc2nc3c(cnn3C3CCC(F)(F)CC3)c(=O)[nH]2)C(O)O1. The van der Waals surface area contributed by atoms with E-state index in [1.54, 1.807) is 4.68 Å². The van der Waals surface area contributed by atoms with Crippen LogP contribution < -0.4 is 5.56 Å². The van der Waals surface area contributed by atoms with Crippen LogP contribution in [0.5, 0.6) is 0 Å². The van der Waals surface area contributed by atoms with Crippen molar-refractivity contribution in [3.8, 4) is 0 Å². The second kappa shape index (κ2) is 6.34. The molecule has 1 saturated heterocycles. The summed E-state index contributed by atoms with van der Waals surface area (Å²) < 4.78 is 34.0. The summed E-state index contributed by atoms with van der Waals surface area (Å²) in [7, 11) is 0. The van der Waals surface area contributed by atoms with Crippen LogP contribution in [0.3, 0.4) is 0 Å². The number of halogens is 2. The molecule has 1 aliphatic carbocycles. The van der Waals surface area contributed by atoms with Crippen molar-refractivity contribution < 1.29 is 18.6 Å². The zero-order chi connectivity index (χ0) is 19.4. The molecule has 7 nitrogen and oxygen atoms in total. The van der Waals surface area contributed by atoms with E-state index in [4.69, 9.17) is 4.74 Å². The number of ether oxygens (including phenoxy) is 1. The zero-order valence-electron chi connectivity index (χ0n) is 15.4. The summed E-state index contributed by atoms with van der Waals surface area (Å²) in [6.45, 7) is 3.81. The first-order valence-electron chi connectivity index (χ1n) is 9.34. The Bertz CT molecular complexity index is 898. The van der Waals surface area contributed by atoms with Crippen molar-refractivity contribution in [1.82, 2.24) is 19.7 Å². The second-order valence-electron chi connectivity index (χ2n) is 8.36. The fourth-order valence-corrected chi connectivity index (χ4v) is 4.24. The third-order valence-corrected chi connectivity index (χ3v) is 5.60. The zero-order valence-corrected chi connectivity index (χ0v) is 15.4. The minimum absolute atomic E-state index is 0.176. The number of aromatic amines is 1. The first kappa shape index (κ1) is 18.5. The van der Waals surface area contributed by atoms with Crippen molar-refractivity contribution in [1.29, 1.82) is 0 Å². The number of alkyl halides is 2. The lowest BCUT2D eigenvalue weighted by Crippen LogP contribution is -2.27. The van der Waals surface area contributed by atoms with Gasteiger partial charge in [0.2, 0.25) is 5.92 Å². The van der Waals surface area contributed by atoms with Gasteiger partial charge < -0.3 is 14.8 Å². The van der Waals surface area contributed by atoms with Crippen LogP contribution in [0.2, 0.25) is 0 Å². The van der Waals surface area contributed by atoms with Gasteiger partial charge in [-0.2, -0.15) is 5.10 Å². The molecule has 2 aliphatic rings. The van der Waals surface area contributed by atoms with Crippen molar-refractivity contribution in [2.45, 2.75) is 76.2 Å². The number of rotatable bonds is 3. The Morgan fingerprint density at radius 1 is 1.37 bits per heavy atom. The maximum atomic E-state index is 13.5. The second-order valence-corrected chi connectivity index (χ2v) is 8.36. The van der Waals surface area contributed by atoms with Crippen molar-refractivity contribution in [2.75, 3.05) is 0 Å². The maximum absolute atomic E-state index is 13.5. The van der Waals surface area contributed by atoms with Crippen LogP contribution in [0.1, 0.15) is 57.8 Å². The number of aliphatic hydroxyl groups excluding tert-OH is 1. The summed E-state index contributed by atoms with van der Waals surface area (Å²) in [4.78, 5) is 19.7. The Balaban J connectivity index is 1.62. The molecule has 0 spiro atoms. The van der Waals surface area contributed by atoms with Gasteiger partial charge in [0.1, 0.15) is 11.2 Å². The van der Waals surface area contributed by atoms with Crippen molar-refractivity contribution in [3.05, 3.63) is 22.4 Å². The Morgan fingerprint density at radius 2 is 2.07 bits per heavy atom. The number of aromatic nitrogens is 4. The molecular formula is C18H24F2N4O3. The smallest absolute Gasteiger partial charge is 0.262 e. The van der Waals surface area contributed by atoms with Crippen LogP contribution in [0.15, 0.2) is 11.0 Å². The van der Waals surface area contributed by atoms with Crippen LogP contribution in [-0.2, 0) is 11.2 Å². The van der Waals surface area contributed by atoms with Gasteiger partial charge in [0.25, 0.3) is 5.56 Å². The van der Waals surface area contributed by atoms with E-state index in [0.717, 1.165) is 0 Å². The van der Waals surface area contributed by atoms with Crippen LogP contribution in [-0.4, -0.2) is 42.7 Å². The van der Waals surface area contributed by atoms with E-state index >= 15 is 0 Å². The molecular weight excluding hydrogens is 358 g/mol. The molecule has 0 bridgehead atoms. The number of hydrogen-bond donors (Lipinski definition) is 2. The Morgan fingerprint density at radius 3 is 2.70 bits per heavy atom. The Labute approximate surface area is 154 Å². The van der Waals surface area contributed by atoms with Gasteiger partial charge in [-0.25, -0.2) is 18.4 Å². The summed E-state index contributed by atoms with van der Waals surface area (Å²) in [6.07, 6.45) is 1.77. The van der Waals surface area contributed by atoms with E-state index in [9.17, 15) is 18.7 Å². The van der Waals surface area contributed by atoms with E-state index in [1.807, 2.05) is 13.8 Å². The molecule has 1 saturated carbocycles. The highest BCUT2D eigenvalue weighted by Gasteiger charge is 2.40. The highest BCUT2D eigenvalue weighted by atomic mass is 19.3. The first-order chi connectivity index (χ1) is 12.6. The maximum Gasteiger partial charge on any atom is 0.262 e. The molecule has 27 heavy (non-hydrogen) atoms. The Kier molecular flexibility index (Phi) is 4.34. The lowest BCUT2D eigenvalue weighted by molar-refractivity contribution is -0.135. The molecule has 2 fully saturated rings. The van der Waals surface area contributed by atoms with Crippen molar-refractivity contribution in [2.24, 2.45) is 5.92 Å². The average Bonchev–Trinajstić information content (AvgIpc) is 3.08.